The normalized spacial score (nSPS) is 12.3. The Morgan fingerprint density at radius 3 is 2.25 bits per heavy atom. The van der Waals surface area contributed by atoms with Crippen LogP contribution in [0.4, 0.5) is 32.0 Å². The van der Waals surface area contributed by atoms with Crippen LogP contribution in [0.1, 0.15) is 5.56 Å². The molecule has 4 rings (SSSR count). The van der Waals surface area contributed by atoms with Gasteiger partial charge >= 0.3 is 6.18 Å². The Labute approximate surface area is 176 Å². The minimum Gasteiger partial charge on any atom is -0.338 e. The molecule has 0 saturated carbocycles. The Morgan fingerprint density at radius 1 is 0.906 bits per heavy atom. The van der Waals surface area contributed by atoms with E-state index in [0.717, 1.165) is 42.5 Å². The zero-order valence-electron chi connectivity index (χ0n) is 15.6. The number of anilines is 1. The van der Waals surface area contributed by atoms with Crippen molar-refractivity contribution in [2.75, 3.05) is 4.72 Å². The first-order chi connectivity index (χ1) is 14.9. The van der Waals surface area contributed by atoms with Crippen LogP contribution in [0.2, 0.25) is 0 Å². The molecule has 0 atom stereocenters. The van der Waals surface area contributed by atoms with Gasteiger partial charge in [0.2, 0.25) is 0 Å². The van der Waals surface area contributed by atoms with Crippen LogP contribution in [-0.2, 0) is 16.2 Å². The van der Waals surface area contributed by atoms with Crippen LogP contribution >= 0.6 is 0 Å². The summed E-state index contributed by atoms with van der Waals surface area (Å²) in [5.74, 6) is -4.53. The number of rotatable bonds is 4. The second kappa shape index (κ2) is 7.55. The number of sulfonamides is 1. The number of benzene rings is 3. The Bertz CT molecular complexity index is 1420. The van der Waals surface area contributed by atoms with Crippen LogP contribution in [0.3, 0.4) is 0 Å². The van der Waals surface area contributed by atoms with Crippen LogP contribution in [0.5, 0.6) is 0 Å². The molecule has 5 nitrogen and oxygen atoms in total. The number of aromatic nitrogens is 2. The molecule has 0 radical (unpaired) electrons. The van der Waals surface area contributed by atoms with Crippen molar-refractivity contribution in [1.29, 1.82) is 0 Å². The third-order valence-corrected chi connectivity index (χ3v) is 5.84. The standard InChI is InChI=1S/C20H11F6N3O2S/c21-14-6-10(7-15(22)18(14)23)19-27-16-5-4-13(9-17(16)28-19)32(30,31)29-12-3-1-2-11(8-12)20(24,25)26/h1-9,29H,(H,27,28). The zero-order valence-corrected chi connectivity index (χ0v) is 16.5. The van der Waals surface area contributed by atoms with E-state index in [9.17, 15) is 34.8 Å². The van der Waals surface area contributed by atoms with E-state index in [1.165, 1.54) is 6.07 Å². The molecule has 0 fully saturated rings. The summed E-state index contributed by atoms with van der Waals surface area (Å²) in [6.07, 6.45) is -4.65. The second-order valence-corrected chi connectivity index (χ2v) is 8.38. The first-order valence-corrected chi connectivity index (χ1v) is 10.3. The van der Waals surface area contributed by atoms with Gasteiger partial charge in [-0.05, 0) is 48.5 Å². The number of alkyl halides is 3. The van der Waals surface area contributed by atoms with E-state index >= 15 is 0 Å². The molecule has 2 N–H and O–H groups in total. The van der Waals surface area contributed by atoms with Crippen LogP contribution in [-0.4, -0.2) is 18.4 Å². The third-order valence-electron chi connectivity index (χ3n) is 4.46. The Hall–Kier alpha value is -3.54. The fourth-order valence-corrected chi connectivity index (χ4v) is 4.03. The number of H-pyrrole nitrogens is 1. The van der Waals surface area contributed by atoms with Crippen molar-refractivity contribution in [3.63, 3.8) is 0 Å². The maximum absolute atomic E-state index is 13.5. The van der Waals surface area contributed by atoms with Gasteiger partial charge in [-0.1, -0.05) is 6.07 Å². The molecule has 0 aliphatic carbocycles. The first-order valence-electron chi connectivity index (χ1n) is 8.79. The molecule has 1 aromatic heterocycles. The van der Waals surface area contributed by atoms with Crippen LogP contribution in [0.25, 0.3) is 22.4 Å². The van der Waals surface area contributed by atoms with Gasteiger partial charge in [0.1, 0.15) is 5.82 Å². The molecule has 12 heteroatoms. The number of hydrogen-bond acceptors (Lipinski definition) is 3. The van der Waals surface area contributed by atoms with Crippen molar-refractivity contribution in [3.8, 4) is 11.4 Å². The summed E-state index contributed by atoms with van der Waals surface area (Å²) in [5, 5.41) is 0. The summed E-state index contributed by atoms with van der Waals surface area (Å²) in [6, 6.07) is 8.74. The highest BCUT2D eigenvalue weighted by atomic mass is 32.2. The maximum atomic E-state index is 13.5. The fourth-order valence-electron chi connectivity index (χ4n) is 2.96. The number of halogens is 6. The SMILES string of the molecule is O=S(=O)(Nc1cccc(C(F)(F)F)c1)c1ccc2nc(-c3cc(F)c(F)c(F)c3)[nH]c2c1. The summed E-state index contributed by atoms with van der Waals surface area (Å²) in [7, 11) is -4.28. The number of fused-ring (bicyclic) bond motifs is 1. The smallest absolute Gasteiger partial charge is 0.338 e. The van der Waals surface area contributed by atoms with Gasteiger partial charge in [0.15, 0.2) is 17.5 Å². The molecule has 32 heavy (non-hydrogen) atoms. The largest absolute Gasteiger partial charge is 0.416 e. The summed E-state index contributed by atoms with van der Waals surface area (Å²) in [5.41, 5.74) is -1.02. The van der Waals surface area contributed by atoms with Crippen molar-refractivity contribution in [2.24, 2.45) is 0 Å². The van der Waals surface area contributed by atoms with Gasteiger partial charge in [-0.3, -0.25) is 4.72 Å². The van der Waals surface area contributed by atoms with Gasteiger partial charge in [-0.25, -0.2) is 26.6 Å². The van der Waals surface area contributed by atoms with Gasteiger partial charge in [0.25, 0.3) is 10.0 Å². The highest BCUT2D eigenvalue weighted by molar-refractivity contribution is 7.92. The van der Waals surface area contributed by atoms with E-state index in [2.05, 4.69) is 14.7 Å². The molecule has 0 aliphatic rings. The molecule has 0 aliphatic heterocycles. The molecule has 4 aromatic rings. The van der Waals surface area contributed by atoms with Gasteiger partial charge in [-0.15, -0.1) is 0 Å². The highest BCUT2D eigenvalue weighted by Crippen LogP contribution is 2.31. The number of aromatic amines is 1. The minimum atomic E-state index is -4.65. The second-order valence-electron chi connectivity index (χ2n) is 6.70. The van der Waals surface area contributed by atoms with E-state index in [4.69, 9.17) is 0 Å². The van der Waals surface area contributed by atoms with Gasteiger partial charge < -0.3 is 4.98 Å². The van der Waals surface area contributed by atoms with Crippen LogP contribution in [0, 0.1) is 17.5 Å². The Balaban J connectivity index is 1.68. The molecular weight excluding hydrogens is 460 g/mol. The minimum absolute atomic E-state index is 0.0433. The fraction of sp³-hybridized carbons (Fsp3) is 0.0500. The van der Waals surface area contributed by atoms with E-state index in [1.807, 2.05) is 0 Å². The quantitative estimate of drug-likeness (QED) is 0.306. The van der Waals surface area contributed by atoms with Crippen molar-refractivity contribution < 1.29 is 34.8 Å². The number of nitrogens with zero attached hydrogens (tertiary/aromatic N) is 1. The van der Waals surface area contributed by atoms with Crippen molar-refractivity contribution in [2.45, 2.75) is 11.1 Å². The topological polar surface area (TPSA) is 74.8 Å². The maximum Gasteiger partial charge on any atom is 0.416 e. The average molecular weight is 471 g/mol. The van der Waals surface area contributed by atoms with Crippen molar-refractivity contribution in [1.82, 2.24) is 9.97 Å². The lowest BCUT2D eigenvalue weighted by Gasteiger charge is -2.11. The molecule has 0 amide bonds. The molecule has 0 saturated heterocycles. The Kier molecular flexibility index (Phi) is 5.12. The zero-order chi connectivity index (χ0) is 23.3. The molecular formula is C20H11F6N3O2S. The predicted octanol–water partition coefficient (Wildman–Crippen LogP) is 5.47. The molecule has 3 aromatic carbocycles. The summed E-state index contributed by atoms with van der Waals surface area (Å²) >= 11 is 0. The highest BCUT2D eigenvalue weighted by Gasteiger charge is 2.30. The monoisotopic (exact) mass is 471 g/mol. The Morgan fingerprint density at radius 2 is 1.59 bits per heavy atom. The van der Waals surface area contributed by atoms with E-state index in [0.29, 0.717) is 6.07 Å². The van der Waals surface area contributed by atoms with Gasteiger partial charge in [-0.2, -0.15) is 13.2 Å². The summed E-state index contributed by atoms with van der Waals surface area (Å²) < 4.78 is 106. The summed E-state index contributed by atoms with van der Waals surface area (Å²) in [6.45, 7) is 0. The molecule has 1 heterocycles. The van der Waals surface area contributed by atoms with E-state index < -0.39 is 39.2 Å². The molecule has 0 unspecified atom stereocenters. The van der Waals surface area contributed by atoms with Crippen molar-refractivity contribution >= 4 is 26.7 Å². The molecule has 166 valence electrons. The van der Waals surface area contributed by atoms with Crippen LogP contribution in [0.15, 0.2) is 59.5 Å². The third kappa shape index (κ3) is 4.13. The number of nitrogens with one attached hydrogen (secondary N) is 2. The lowest BCUT2D eigenvalue weighted by molar-refractivity contribution is -0.137. The number of imidazole rings is 1. The van der Waals surface area contributed by atoms with E-state index in [1.54, 1.807) is 0 Å². The predicted molar refractivity (Wildman–Crippen MR) is 104 cm³/mol. The first kappa shape index (κ1) is 21.7. The molecule has 0 spiro atoms. The van der Waals surface area contributed by atoms with Gasteiger partial charge in [0.05, 0.1) is 21.5 Å². The molecule has 0 bridgehead atoms. The lowest BCUT2D eigenvalue weighted by Crippen LogP contribution is -2.14. The summed E-state index contributed by atoms with van der Waals surface area (Å²) in [4.78, 5) is 6.48. The van der Waals surface area contributed by atoms with Crippen LogP contribution < -0.4 is 4.72 Å². The van der Waals surface area contributed by atoms with Crippen molar-refractivity contribution in [3.05, 3.63) is 77.6 Å². The average Bonchev–Trinajstić information content (AvgIpc) is 3.14. The number of hydrogen-bond donors (Lipinski definition) is 2. The van der Waals surface area contributed by atoms with E-state index in [-0.39, 0.29) is 33.0 Å². The lowest BCUT2D eigenvalue weighted by atomic mass is 10.2. The van der Waals surface area contributed by atoms with Gasteiger partial charge in [0, 0.05) is 11.3 Å².